The lowest BCUT2D eigenvalue weighted by Crippen LogP contribution is -2.48. The average Bonchev–Trinajstić information content (AvgIpc) is 2.75. The number of benzene rings is 2. The van der Waals surface area contributed by atoms with Gasteiger partial charge in [-0.2, -0.15) is 4.31 Å². The Balaban J connectivity index is 1.82. The Morgan fingerprint density at radius 3 is 2.17 bits per heavy atom. The number of ether oxygens (including phenoxy) is 2. The van der Waals surface area contributed by atoms with Crippen molar-refractivity contribution in [2.75, 3.05) is 44.3 Å². The zero-order valence-electron chi connectivity index (χ0n) is 18.3. The van der Waals surface area contributed by atoms with Gasteiger partial charge in [0.2, 0.25) is 10.0 Å². The molecule has 0 bridgehead atoms. The molecule has 7 heteroatoms. The Morgan fingerprint density at radius 1 is 0.900 bits per heavy atom. The smallest absolute Gasteiger partial charge is 0.246 e. The highest BCUT2D eigenvalue weighted by Crippen LogP contribution is 2.33. The van der Waals surface area contributed by atoms with Crippen LogP contribution < -0.4 is 14.4 Å². The molecule has 164 valence electrons. The van der Waals surface area contributed by atoms with Gasteiger partial charge in [0.25, 0.3) is 0 Å². The lowest BCUT2D eigenvalue weighted by molar-refractivity contribution is 0.326. The van der Waals surface area contributed by atoms with E-state index in [1.807, 2.05) is 44.2 Å². The van der Waals surface area contributed by atoms with Gasteiger partial charge in [-0.25, -0.2) is 8.42 Å². The molecular weight excluding hydrogens is 400 g/mol. The summed E-state index contributed by atoms with van der Waals surface area (Å²) in [6.45, 7) is 11.0. The van der Waals surface area contributed by atoms with Crippen LogP contribution >= 0.6 is 0 Å². The van der Waals surface area contributed by atoms with Crippen molar-refractivity contribution in [3.05, 3.63) is 48.0 Å². The molecule has 6 nitrogen and oxygen atoms in total. The van der Waals surface area contributed by atoms with Crippen LogP contribution in [0.4, 0.5) is 5.69 Å². The van der Waals surface area contributed by atoms with Crippen molar-refractivity contribution in [1.82, 2.24) is 4.31 Å². The number of para-hydroxylation sites is 2. The molecule has 1 fully saturated rings. The van der Waals surface area contributed by atoms with Crippen molar-refractivity contribution in [3.63, 3.8) is 0 Å². The Morgan fingerprint density at radius 2 is 1.53 bits per heavy atom. The van der Waals surface area contributed by atoms with Crippen molar-refractivity contribution < 1.29 is 17.9 Å². The third-order valence-electron chi connectivity index (χ3n) is 5.30. The summed E-state index contributed by atoms with van der Waals surface area (Å²) < 4.78 is 39.9. The number of anilines is 1. The van der Waals surface area contributed by atoms with Gasteiger partial charge in [0.15, 0.2) is 0 Å². The Bertz CT molecular complexity index is 951. The predicted molar refractivity (Wildman–Crippen MR) is 120 cm³/mol. The highest BCUT2D eigenvalue weighted by molar-refractivity contribution is 7.89. The fourth-order valence-corrected chi connectivity index (χ4v) is 5.25. The van der Waals surface area contributed by atoms with Gasteiger partial charge >= 0.3 is 0 Å². The van der Waals surface area contributed by atoms with E-state index in [9.17, 15) is 8.42 Å². The fraction of sp³-hybridized carbons (Fsp3) is 0.478. The molecule has 0 aliphatic carbocycles. The molecule has 0 radical (unpaired) electrons. The maximum Gasteiger partial charge on any atom is 0.246 e. The van der Waals surface area contributed by atoms with E-state index in [0.29, 0.717) is 45.1 Å². The molecule has 3 rings (SSSR count). The van der Waals surface area contributed by atoms with Crippen LogP contribution in [-0.2, 0) is 10.0 Å². The number of piperazine rings is 1. The van der Waals surface area contributed by atoms with Crippen LogP contribution in [0.15, 0.2) is 47.4 Å². The molecule has 30 heavy (non-hydrogen) atoms. The molecule has 1 aliphatic heterocycles. The fourth-order valence-electron chi connectivity index (χ4n) is 3.66. The Labute approximate surface area is 180 Å². The summed E-state index contributed by atoms with van der Waals surface area (Å²) in [6, 6.07) is 13.4. The SMILES string of the molecule is CCOc1ccccc1N1CCN(S(=O)(=O)c2cc(C(C)C)ccc2OCC)CC1. The maximum absolute atomic E-state index is 13.5. The monoisotopic (exact) mass is 432 g/mol. The molecule has 0 atom stereocenters. The molecule has 1 heterocycles. The highest BCUT2D eigenvalue weighted by Gasteiger charge is 2.32. The van der Waals surface area contributed by atoms with Gasteiger partial charge in [-0.15, -0.1) is 0 Å². The van der Waals surface area contributed by atoms with Gasteiger partial charge in [0.1, 0.15) is 16.4 Å². The van der Waals surface area contributed by atoms with Gasteiger partial charge in [-0.1, -0.05) is 32.0 Å². The van der Waals surface area contributed by atoms with Gasteiger partial charge < -0.3 is 14.4 Å². The molecule has 1 aliphatic rings. The highest BCUT2D eigenvalue weighted by atomic mass is 32.2. The Kier molecular flexibility index (Phi) is 7.26. The quantitative estimate of drug-likeness (QED) is 0.628. The molecule has 0 amide bonds. The summed E-state index contributed by atoms with van der Waals surface area (Å²) in [5.41, 5.74) is 1.99. The summed E-state index contributed by atoms with van der Waals surface area (Å²) in [6.07, 6.45) is 0. The third-order valence-corrected chi connectivity index (χ3v) is 7.22. The zero-order valence-corrected chi connectivity index (χ0v) is 19.1. The van der Waals surface area contributed by atoms with E-state index >= 15 is 0 Å². The summed E-state index contributed by atoms with van der Waals surface area (Å²) in [5.74, 6) is 1.49. The number of rotatable bonds is 8. The van der Waals surface area contributed by atoms with E-state index in [0.717, 1.165) is 17.0 Å². The molecule has 0 saturated carbocycles. The van der Waals surface area contributed by atoms with E-state index in [1.165, 1.54) is 0 Å². The average molecular weight is 433 g/mol. The summed E-state index contributed by atoms with van der Waals surface area (Å²) in [5, 5.41) is 0. The molecule has 0 spiro atoms. The second kappa shape index (κ2) is 9.71. The maximum atomic E-state index is 13.5. The van der Waals surface area contributed by atoms with Crippen LogP contribution in [0.25, 0.3) is 0 Å². The van der Waals surface area contributed by atoms with E-state index in [1.54, 1.807) is 16.4 Å². The molecular formula is C23H32N2O4S. The minimum Gasteiger partial charge on any atom is -0.492 e. The lowest BCUT2D eigenvalue weighted by Gasteiger charge is -2.36. The second-order valence-corrected chi connectivity index (χ2v) is 9.49. The number of sulfonamides is 1. The van der Waals surface area contributed by atoms with E-state index in [2.05, 4.69) is 18.7 Å². The van der Waals surface area contributed by atoms with Gasteiger partial charge in [-0.05, 0) is 49.6 Å². The van der Waals surface area contributed by atoms with Crippen LogP contribution in [0.1, 0.15) is 39.2 Å². The normalized spacial score (nSPS) is 15.4. The first-order valence-corrected chi connectivity index (χ1v) is 12.1. The minimum atomic E-state index is -3.65. The summed E-state index contributed by atoms with van der Waals surface area (Å²) in [4.78, 5) is 2.45. The molecule has 0 N–H and O–H groups in total. The molecule has 1 saturated heterocycles. The predicted octanol–water partition coefficient (Wildman–Crippen LogP) is 4.12. The zero-order chi connectivity index (χ0) is 21.7. The van der Waals surface area contributed by atoms with Crippen LogP contribution in [0.5, 0.6) is 11.5 Å². The molecule has 0 unspecified atom stereocenters. The number of hydrogen-bond donors (Lipinski definition) is 0. The summed E-state index contributed by atoms with van der Waals surface area (Å²) >= 11 is 0. The number of nitrogens with zero attached hydrogens (tertiary/aromatic N) is 2. The summed E-state index contributed by atoms with van der Waals surface area (Å²) in [7, 11) is -3.65. The molecule has 0 aromatic heterocycles. The minimum absolute atomic E-state index is 0.238. The number of hydrogen-bond acceptors (Lipinski definition) is 5. The van der Waals surface area contributed by atoms with Crippen molar-refractivity contribution in [3.8, 4) is 11.5 Å². The van der Waals surface area contributed by atoms with Crippen molar-refractivity contribution in [1.29, 1.82) is 0 Å². The van der Waals surface area contributed by atoms with Gasteiger partial charge in [0, 0.05) is 26.2 Å². The lowest BCUT2D eigenvalue weighted by atomic mass is 10.0. The molecule has 2 aromatic carbocycles. The topological polar surface area (TPSA) is 59.1 Å². The standard InChI is InChI=1S/C23H32N2O4S/c1-5-28-21-10-8-7-9-20(21)24-13-15-25(16-14-24)30(26,27)23-17-19(18(3)4)11-12-22(23)29-6-2/h7-12,17-18H,5-6,13-16H2,1-4H3. The van der Waals surface area contributed by atoms with Gasteiger partial charge in [-0.3, -0.25) is 0 Å². The second-order valence-electron chi connectivity index (χ2n) is 7.59. The third kappa shape index (κ3) is 4.73. The van der Waals surface area contributed by atoms with E-state index in [-0.39, 0.29) is 10.8 Å². The van der Waals surface area contributed by atoms with Crippen LogP contribution in [0.3, 0.4) is 0 Å². The van der Waals surface area contributed by atoms with Crippen molar-refractivity contribution >= 4 is 15.7 Å². The van der Waals surface area contributed by atoms with Gasteiger partial charge in [0.05, 0.1) is 18.9 Å². The van der Waals surface area contributed by atoms with Crippen molar-refractivity contribution in [2.24, 2.45) is 0 Å². The first kappa shape index (κ1) is 22.4. The van der Waals surface area contributed by atoms with E-state index < -0.39 is 10.0 Å². The first-order chi connectivity index (χ1) is 14.4. The molecule has 2 aromatic rings. The van der Waals surface area contributed by atoms with Crippen LogP contribution in [0.2, 0.25) is 0 Å². The van der Waals surface area contributed by atoms with Crippen LogP contribution in [0, 0.1) is 0 Å². The first-order valence-electron chi connectivity index (χ1n) is 10.6. The van der Waals surface area contributed by atoms with E-state index in [4.69, 9.17) is 9.47 Å². The Hall–Kier alpha value is -2.25. The largest absolute Gasteiger partial charge is 0.492 e. The van der Waals surface area contributed by atoms with Crippen molar-refractivity contribution in [2.45, 2.75) is 38.5 Å². The van der Waals surface area contributed by atoms with Crippen LogP contribution in [-0.4, -0.2) is 52.1 Å².